The molecule has 0 unspecified atom stereocenters. The van der Waals surface area contributed by atoms with Crippen molar-refractivity contribution in [3.05, 3.63) is 65.2 Å². The van der Waals surface area contributed by atoms with Crippen molar-refractivity contribution in [2.75, 3.05) is 0 Å². The van der Waals surface area contributed by atoms with E-state index in [-0.39, 0.29) is 11.6 Å². The number of nitrogens with one attached hydrogen (secondary N) is 1. The summed E-state index contributed by atoms with van der Waals surface area (Å²) in [6.45, 7) is 0.214. The lowest BCUT2D eigenvalue weighted by atomic mass is 10.2. The lowest BCUT2D eigenvalue weighted by Crippen LogP contribution is -2.31. The summed E-state index contributed by atoms with van der Waals surface area (Å²) in [7, 11) is 0. The van der Waals surface area contributed by atoms with Gasteiger partial charge in [0.1, 0.15) is 5.82 Å². The zero-order valence-corrected chi connectivity index (χ0v) is 11.8. The summed E-state index contributed by atoms with van der Waals surface area (Å²) in [6, 6.07) is 4.21. The largest absolute Gasteiger partial charge is 0.328 e. The summed E-state index contributed by atoms with van der Waals surface area (Å²) in [4.78, 5) is 24.9. The lowest BCUT2D eigenvalue weighted by molar-refractivity contribution is 0.626. The molecular weight excluding hydrogens is 373 g/mol. The van der Waals surface area contributed by atoms with Gasteiger partial charge in [-0.05, 0) is 40.3 Å². The number of halogens is 3. The van der Waals surface area contributed by atoms with Crippen LogP contribution in [-0.2, 0) is 6.54 Å². The van der Waals surface area contributed by atoms with Crippen molar-refractivity contribution in [3.8, 4) is 0 Å². The second-order valence-corrected chi connectivity index (χ2v) is 5.18. The minimum absolute atomic E-state index is 0.000305. The van der Waals surface area contributed by atoms with Gasteiger partial charge in [-0.15, -0.1) is 0 Å². The number of hydrogen-bond acceptors (Lipinski definition) is 2. The number of hydrogen-bond donors (Lipinski definition) is 1. The summed E-state index contributed by atoms with van der Waals surface area (Å²) >= 11 is 7.49. The lowest BCUT2D eigenvalue weighted by Gasteiger charge is -2.06. The van der Waals surface area contributed by atoms with Gasteiger partial charge in [0, 0.05) is 6.20 Å². The summed E-state index contributed by atoms with van der Waals surface area (Å²) in [5, 5.41) is -0.000305. The van der Waals surface area contributed by atoms with Crippen LogP contribution >= 0.6 is 34.2 Å². The fourth-order valence-electron chi connectivity index (χ4n) is 1.43. The highest BCUT2D eigenvalue weighted by molar-refractivity contribution is 14.1. The normalized spacial score (nSPS) is 10.6. The first-order valence-electron chi connectivity index (χ1n) is 4.90. The van der Waals surface area contributed by atoms with Gasteiger partial charge in [0.25, 0.3) is 5.56 Å². The Morgan fingerprint density at radius 2 is 2.11 bits per heavy atom. The van der Waals surface area contributed by atoms with Gasteiger partial charge in [-0.2, -0.15) is 0 Å². The highest BCUT2D eigenvalue weighted by Crippen LogP contribution is 2.16. The van der Waals surface area contributed by atoms with Crippen LogP contribution in [0.4, 0.5) is 4.39 Å². The molecule has 2 aromatic rings. The molecule has 0 aliphatic carbocycles. The highest BCUT2D eigenvalue weighted by Gasteiger charge is 2.05. The molecule has 1 heterocycles. The Bertz CT molecular complexity index is 711. The molecule has 0 saturated carbocycles. The molecule has 0 saturated heterocycles. The van der Waals surface area contributed by atoms with Crippen molar-refractivity contribution in [1.82, 2.24) is 9.55 Å². The molecule has 2 rings (SSSR count). The van der Waals surface area contributed by atoms with Crippen molar-refractivity contribution >= 4 is 34.2 Å². The molecule has 7 heteroatoms. The average molecular weight is 381 g/mol. The fraction of sp³-hybridized carbons (Fsp3) is 0.0909. The van der Waals surface area contributed by atoms with E-state index in [1.807, 2.05) is 22.6 Å². The monoisotopic (exact) mass is 380 g/mol. The number of H-pyrrole nitrogens is 1. The Morgan fingerprint density at radius 3 is 2.78 bits per heavy atom. The van der Waals surface area contributed by atoms with E-state index in [4.69, 9.17) is 11.6 Å². The third-order valence-corrected chi connectivity index (χ3v) is 3.36. The summed E-state index contributed by atoms with van der Waals surface area (Å²) in [6.07, 6.45) is 1.44. The van der Waals surface area contributed by atoms with Crippen LogP contribution in [0.5, 0.6) is 0 Å². The number of benzene rings is 1. The van der Waals surface area contributed by atoms with Gasteiger partial charge in [-0.3, -0.25) is 14.3 Å². The van der Waals surface area contributed by atoms with Gasteiger partial charge in [0.05, 0.1) is 15.1 Å². The van der Waals surface area contributed by atoms with E-state index in [2.05, 4.69) is 4.98 Å². The summed E-state index contributed by atoms with van der Waals surface area (Å²) in [5.41, 5.74) is -0.263. The Morgan fingerprint density at radius 1 is 1.39 bits per heavy atom. The van der Waals surface area contributed by atoms with Crippen LogP contribution in [0.1, 0.15) is 5.56 Å². The highest BCUT2D eigenvalue weighted by atomic mass is 127. The predicted octanol–water partition coefficient (Wildman–Crippen LogP) is 1.98. The van der Waals surface area contributed by atoms with Crippen molar-refractivity contribution in [1.29, 1.82) is 0 Å². The van der Waals surface area contributed by atoms with Crippen molar-refractivity contribution in [3.63, 3.8) is 0 Å². The first-order valence-corrected chi connectivity index (χ1v) is 6.36. The second-order valence-electron chi connectivity index (χ2n) is 3.61. The zero-order chi connectivity index (χ0) is 13.3. The van der Waals surface area contributed by atoms with E-state index < -0.39 is 17.1 Å². The van der Waals surface area contributed by atoms with Crippen LogP contribution in [0.3, 0.4) is 0 Å². The summed E-state index contributed by atoms with van der Waals surface area (Å²) in [5.74, 6) is -0.510. The van der Waals surface area contributed by atoms with E-state index in [1.165, 1.54) is 29.0 Å². The fourth-order valence-corrected chi connectivity index (χ4v) is 2.11. The topological polar surface area (TPSA) is 54.9 Å². The number of aromatic nitrogens is 2. The first-order chi connectivity index (χ1) is 8.47. The molecule has 0 bridgehead atoms. The predicted molar refractivity (Wildman–Crippen MR) is 74.6 cm³/mol. The van der Waals surface area contributed by atoms with Crippen LogP contribution in [0, 0.1) is 9.39 Å². The molecule has 0 radical (unpaired) electrons. The van der Waals surface area contributed by atoms with Crippen LogP contribution in [0.15, 0.2) is 34.0 Å². The van der Waals surface area contributed by atoms with Crippen LogP contribution in [-0.4, -0.2) is 9.55 Å². The molecule has 0 atom stereocenters. The molecular formula is C11H7ClFIN2O2. The molecule has 18 heavy (non-hydrogen) atoms. The molecule has 0 amide bonds. The van der Waals surface area contributed by atoms with E-state index >= 15 is 0 Å². The van der Waals surface area contributed by atoms with E-state index in [0.717, 1.165) is 0 Å². The van der Waals surface area contributed by atoms with Gasteiger partial charge in [0.15, 0.2) is 0 Å². The number of nitrogens with zero attached hydrogens (tertiary/aromatic N) is 1. The summed E-state index contributed by atoms with van der Waals surface area (Å²) < 4.78 is 14.7. The number of rotatable bonds is 2. The minimum atomic E-state index is -0.513. The van der Waals surface area contributed by atoms with Crippen molar-refractivity contribution < 1.29 is 4.39 Å². The Hall–Kier alpha value is -1.15. The SMILES string of the molecule is O=c1[nH]c(=O)n(Cc2ccc(F)c(Cl)c2)cc1I. The maximum atomic E-state index is 13.0. The molecule has 0 spiro atoms. The van der Waals surface area contributed by atoms with E-state index in [1.54, 1.807) is 0 Å². The van der Waals surface area contributed by atoms with Crippen LogP contribution in [0.2, 0.25) is 5.02 Å². The van der Waals surface area contributed by atoms with Gasteiger partial charge >= 0.3 is 5.69 Å². The molecule has 1 aromatic heterocycles. The van der Waals surface area contributed by atoms with Crippen LogP contribution < -0.4 is 11.2 Å². The smallest absolute Gasteiger partial charge is 0.295 e. The quantitative estimate of drug-likeness (QED) is 0.810. The number of aromatic amines is 1. The standard InChI is InChI=1S/C11H7ClFIN2O2/c12-7-3-6(1-2-8(7)13)4-16-5-9(14)10(17)15-11(16)18/h1-3,5H,4H2,(H,15,17,18). The van der Waals surface area contributed by atoms with E-state index in [0.29, 0.717) is 9.13 Å². The Kier molecular flexibility index (Phi) is 3.86. The zero-order valence-electron chi connectivity index (χ0n) is 8.91. The minimum Gasteiger partial charge on any atom is -0.295 e. The van der Waals surface area contributed by atoms with Gasteiger partial charge < -0.3 is 0 Å². The third-order valence-electron chi connectivity index (χ3n) is 2.30. The Balaban J connectivity index is 2.40. The Labute approximate surface area is 120 Å². The van der Waals surface area contributed by atoms with Gasteiger partial charge in [-0.1, -0.05) is 17.7 Å². The van der Waals surface area contributed by atoms with Gasteiger partial charge in [-0.25, -0.2) is 9.18 Å². The second kappa shape index (κ2) is 5.23. The molecule has 0 aliphatic heterocycles. The first kappa shape index (κ1) is 13.3. The average Bonchev–Trinajstić information content (AvgIpc) is 2.31. The molecule has 94 valence electrons. The molecule has 0 aliphatic rings. The third kappa shape index (κ3) is 2.81. The maximum Gasteiger partial charge on any atom is 0.328 e. The molecule has 4 nitrogen and oxygen atoms in total. The molecule has 1 aromatic carbocycles. The maximum absolute atomic E-state index is 13.0. The van der Waals surface area contributed by atoms with Gasteiger partial charge in [0.2, 0.25) is 0 Å². The van der Waals surface area contributed by atoms with Crippen molar-refractivity contribution in [2.24, 2.45) is 0 Å². The van der Waals surface area contributed by atoms with Crippen LogP contribution in [0.25, 0.3) is 0 Å². The van der Waals surface area contributed by atoms with E-state index in [9.17, 15) is 14.0 Å². The van der Waals surface area contributed by atoms with Crippen molar-refractivity contribution in [2.45, 2.75) is 6.54 Å². The molecule has 1 N–H and O–H groups in total. The molecule has 0 fully saturated rings.